The van der Waals surface area contributed by atoms with E-state index in [1.54, 1.807) is 11.3 Å². The Morgan fingerprint density at radius 2 is 2.18 bits per heavy atom. The number of anilines is 1. The molecule has 0 aromatic carbocycles. The molecular weight excluding hydrogens is 340 g/mol. The van der Waals surface area contributed by atoms with Crippen LogP contribution in [0.4, 0.5) is 5.69 Å². The zero-order chi connectivity index (χ0) is 14.6. The van der Waals surface area contributed by atoms with Gasteiger partial charge in [-0.2, -0.15) is 0 Å². The summed E-state index contributed by atoms with van der Waals surface area (Å²) < 4.78 is 0. The number of nitrogen functional groups attached to an aromatic ring is 1. The Balaban J connectivity index is 0.00000144. The molecule has 5 nitrogen and oxygen atoms in total. The highest BCUT2D eigenvalue weighted by Crippen LogP contribution is 2.44. The highest BCUT2D eigenvalue weighted by atomic mass is 35.5. The van der Waals surface area contributed by atoms with E-state index in [1.165, 1.54) is 16.9 Å². The number of thiophene rings is 2. The summed E-state index contributed by atoms with van der Waals surface area (Å²) in [4.78, 5) is 18.5. The molecule has 0 unspecified atom stereocenters. The van der Waals surface area contributed by atoms with Gasteiger partial charge in [0.2, 0.25) is 0 Å². The molecule has 0 atom stereocenters. The summed E-state index contributed by atoms with van der Waals surface area (Å²) in [5.41, 5.74) is 15.4. The molecule has 3 aromatic heterocycles. The van der Waals surface area contributed by atoms with Crippen molar-refractivity contribution in [1.82, 2.24) is 10.3 Å². The molecule has 0 radical (unpaired) electrons. The minimum Gasteiger partial charge on any atom is -0.397 e. The van der Waals surface area contributed by atoms with E-state index in [0.717, 1.165) is 39.4 Å². The molecule has 0 spiro atoms. The molecule has 5 N–H and O–H groups in total. The van der Waals surface area contributed by atoms with Crippen LogP contribution >= 0.6 is 35.1 Å². The van der Waals surface area contributed by atoms with Crippen LogP contribution in [0.2, 0.25) is 0 Å². The Morgan fingerprint density at radius 1 is 1.36 bits per heavy atom. The number of nitrogens with two attached hydrogens (primary N) is 2. The Kier molecular flexibility index (Phi) is 3.82. The van der Waals surface area contributed by atoms with Gasteiger partial charge in [-0.1, -0.05) is 6.07 Å². The van der Waals surface area contributed by atoms with Gasteiger partial charge in [0, 0.05) is 28.9 Å². The minimum absolute atomic E-state index is 0. The predicted octanol–water partition coefficient (Wildman–Crippen LogP) is 2.73. The quantitative estimate of drug-likeness (QED) is 0.661. The third kappa shape index (κ3) is 2.09. The zero-order valence-corrected chi connectivity index (χ0v) is 13.8. The van der Waals surface area contributed by atoms with Crippen LogP contribution in [0, 0.1) is 0 Å². The molecule has 1 aliphatic heterocycles. The van der Waals surface area contributed by atoms with E-state index in [0.29, 0.717) is 10.6 Å². The first-order valence-electron chi connectivity index (χ1n) is 6.45. The van der Waals surface area contributed by atoms with Crippen LogP contribution in [-0.2, 0) is 13.1 Å². The van der Waals surface area contributed by atoms with Gasteiger partial charge in [0.1, 0.15) is 9.71 Å². The molecule has 1 amide bonds. The standard InChI is InChI=1S/C14H12N4OS2.ClH/c15-11-10-9(8-2-1-3-20-8)6-4-17-5-7(6)18-14(10)21-12(11)13(16)19;/h1-3,17H,4-5,15H2,(H2,16,19);1H. The van der Waals surface area contributed by atoms with Gasteiger partial charge in [-0.25, -0.2) is 4.98 Å². The first-order chi connectivity index (χ1) is 10.2. The van der Waals surface area contributed by atoms with Gasteiger partial charge in [-0.3, -0.25) is 4.79 Å². The SMILES string of the molecule is Cl.NC(=O)c1sc2nc3c(c(-c4cccs4)c2c1N)CNC3. The second kappa shape index (κ2) is 5.51. The smallest absolute Gasteiger partial charge is 0.260 e. The molecule has 8 heteroatoms. The maximum absolute atomic E-state index is 11.6. The third-order valence-corrected chi connectivity index (χ3v) is 5.65. The number of carbonyl (C=O) groups is 1. The summed E-state index contributed by atoms with van der Waals surface area (Å²) >= 11 is 2.94. The van der Waals surface area contributed by atoms with Crippen molar-refractivity contribution >= 4 is 56.9 Å². The van der Waals surface area contributed by atoms with Crippen LogP contribution < -0.4 is 16.8 Å². The number of aromatic nitrogens is 1. The number of hydrogen-bond donors (Lipinski definition) is 3. The normalized spacial score (nSPS) is 13.1. The van der Waals surface area contributed by atoms with E-state index in [9.17, 15) is 4.79 Å². The summed E-state index contributed by atoms with van der Waals surface area (Å²) in [6, 6.07) is 4.08. The van der Waals surface area contributed by atoms with Crippen molar-refractivity contribution in [1.29, 1.82) is 0 Å². The zero-order valence-electron chi connectivity index (χ0n) is 11.4. The Hall–Kier alpha value is -1.67. The number of pyridine rings is 1. The molecule has 1 aliphatic rings. The average Bonchev–Trinajstić information content (AvgIpc) is 3.16. The van der Waals surface area contributed by atoms with Crippen molar-refractivity contribution in [3.8, 4) is 10.4 Å². The maximum atomic E-state index is 11.6. The van der Waals surface area contributed by atoms with Crippen LogP contribution in [0.5, 0.6) is 0 Å². The molecule has 4 rings (SSSR count). The van der Waals surface area contributed by atoms with Gasteiger partial charge in [0.25, 0.3) is 5.91 Å². The number of amides is 1. The van der Waals surface area contributed by atoms with Gasteiger partial charge in [0.05, 0.1) is 11.4 Å². The van der Waals surface area contributed by atoms with Gasteiger partial charge >= 0.3 is 0 Å². The summed E-state index contributed by atoms with van der Waals surface area (Å²) in [6.45, 7) is 1.51. The number of rotatable bonds is 2. The molecule has 0 saturated carbocycles. The second-order valence-electron chi connectivity index (χ2n) is 4.88. The Labute approximate surface area is 140 Å². The van der Waals surface area contributed by atoms with Gasteiger partial charge < -0.3 is 16.8 Å². The lowest BCUT2D eigenvalue weighted by atomic mass is 10.0. The summed E-state index contributed by atoms with van der Waals surface area (Å²) in [7, 11) is 0. The minimum atomic E-state index is -0.495. The molecule has 4 heterocycles. The first-order valence-corrected chi connectivity index (χ1v) is 8.14. The van der Waals surface area contributed by atoms with E-state index >= 15 is 0 Å². The van der Waals surface area contributed by atoms with E-state index < -0.39 is 5.91 Å². The van der Waals surface area contributed by atoms with Gasteiger partial charge in [0.15, 0.2) is 0 Å². The lowest BCUT2D eigenvalue weighted by Crippen LogP contribution is -2.10. The fraction of sp³-hybridized carbons (Fsp3) is 0.143. The van der Waals surface area contributed by atoms with Crippen molar-refractivity contribution in [3.63, 3.8) is 0 Å². The summed E-state index contributed by atoms with van der Waals surface area (Å²) in [6.07, 6.45) is 0. The van der Waals surface area contributed by atoms with Crippen LogP contribution in [0.15, 0.2) is 17.5 Å². The van der Waals surface area contributed by atoms with Crippen LogP contribution in [0.25, 0.3) is 20.7 Å². The Bertz CT molecular complexity index is 873. The maximum Gasteiger partial charge on any atom is 0.260 e. The highest BCUT2D eigenvalue weighted by Gasteiger charge is 2.25. The lowest BCUT2D eigenvalue weighted by molar-refractivity contribution is 0.100. The van der Waals surface area contributed by atoms with E-state index in [-0.39, 0.29) is 12.4 Å². The van der Waals surface area contributed by atoms with E-state index in [4.69, 9.17) is 11.5 Å². The molecule has 0 aliphatic carbocycles. The number of nitrogens with one attached hydrogen (secondary N) is 1. The predicted molar refractivity (Wildman–Crippen MR) is 93.7 cm³/mol. The van der Waals surface area contributed by atoms with E-state index in [2.05, 4.69) is 16.4 Å². The van der Waals surface area contributed by atoms with Crippen molar-refractivity contribution in [2.75, 3.05) is 5.73 Å². The van der Waals surface area contributed by atoms with Gasteiger partial charge in [-0.05, 0) is 17.0 Å². The van der Waals surface area contributed by atoms with E-state index in [1.807, 2.05) is 11.4 Å². The highest BCUT2D eigenvalue weighted by molar-refractivity contribution is 7.21. The van der Waals surface area contributed by atoms with Crippen molar-refractivity contribution in [2.45, 2.75) is 13.1 Å². The van der Waals surface area contributed by atoms with Crippen molar-refractivity contribution < 1.29 is 4.79 Å². The van der Waals surface area contributed by atoms with Crippen molar-refractivity contribution in [3.05, 3.63) is 33.6 Å². The summed E-state index contributed by atoms with van der Waals surface area (Å²) in [5, 5.41) is 6.22. The lowest BCUT2D eigenvalue weighted by Gasteiger charge is -2.08. The fourth-order valence-electron chi connectivity index (χ4n) is 2.76. The van der Waals surface area contributed by atoms with Crippen LogP contribution in [0.3, 0.4) is 0 Å². The van der Waals surface area contributed by atoms with Crippen LogP contribution in [0.1, 0.15) is 20.9 Å². The monoisotopic (exact) mass is 352 g/mol. The third-order valence-electron chi connectivity index (χ3n) is 3.65. The number of carbonyl (C=O) groups excluding carboxylic acids is 1. The number of hydrogen-bond acceptors (Lipinski definition) is 6. The number of halogens is 1. The molecule has 0 fully saturated rings. The molecular formula is C14H13ClN4OS2. The molecule has 0 saturated heterocycles. The molecule has 0 bridgehead atoms. The summed E-state index contributed by atoms with van der Waals surface area (Å²) in [5.74, 6) is -0.495. The largest absolute Gasteiger partial charge is 0.397 e. The Morgan fingerprint density at radius 3 is 2.86 bits per heavy atom. The number of primary amides is 1. The fourth-order valence-corrected chi connectivity index (χ4v) is 4.54. The first kappa shape index (κ1) is 15.2. The number of nitrogens with zero attached hydrogens (tertiary/aromatic N) is 1. The number of fused-ring (bicyclic) bond motifs is 2. The van der Waals surface area contributed by atoms with Crippen molar-refractivity contribution in [2.24, 2.45) is 5.73 Å². The van der Waals surface area contributed by atoms with Gasteiger partial charge in [-0.15, -0.1) is 35.1 Å². The average molecular weight is 353 g/mol. The van der Waals surface area contributed by atoms with Crippen LogP contribution in [-0.4, -0.2) is 10.9 Å². The molecule has 3 aromatic rings. The topological polar surface area (TPSA) is 94.0 Å². The second-order valence-corrected chi connectivity index (χ2v) is 6.83. The molecule has 114 valence electrons. The molecule has 22 heavy (non-hydrogen) atoms.